The molecule has 0 amide bonds. The molecule has 1 fully saturated rings. The van der Waals surface area contributed by atoms with Gasteiger partial charge in [-0.05, 0) is 41.6 Å². The molecule has 3 nitrogen and oxygen atoms in total. The van der Waals surface area contributed by atoms with Crippen LogP contribution in [0.2, 0.25) is 0 Å². The molecule has 1 aromatic rings. The van der Waals surface area contributed by atoms with E-state index in [-0.39, 0.29) is 0 Å². The fraction of sp³-hybridized carbons (Fsp3) is 0.667. The highest BCUT2D eigenvalue weighted by molar-refractivity contribution is 9.10. The van der Waals surface area contributed by atoms with Crippen molar-refractivity contribution in [3.8, 4) is 5.19 Å². The van der Waals surface area contributed by atoms with Crippen molar-refractivity contribution in [1.82, 2.24) is 4.98 Å². The summed E-state index contributed by atoms with van der Waals surface area (Å²) >= 11 is 4.84. The third-order valence-corrected chi connectivity index (χ3v) is 3.88. The highest BCUT2D eigenvalue weighted by atomic mass is 79.9. The minimum Gasteiger partial charge on any atom is -0.467 e. The van der Waals surface area contributed by atoms with Crippen LogP contribution >= 0.6 is 27.3 Å². The molecule has 0 spiro atoms. The molecule has 1 aromatic heterocycles. The summed E-state index contributed by atoms with van der Waals surface area (Å²) in [5, 5.41) is 2.70. The summed E-state index contributed by atoms with van der Waals surface area (Å²) in [7, 11) is 0. The van der Waals surface area contributed by atoms with Gasteiger partial charge in [0.05, 0.1) is 0 Å². The van der Waals surface area contributed by atoms with E-state index >= 15 is 0 Å². The molecule has 78 valence electrons. The molecule has 0 aliphatic heterocycles. The Hall–Kier alpha value is -0.130. The van der Waals surface area contributed by atoms with Crippen LogP contribution in [-0.4, -0.2) is 17.1 Å². The van der Waals surface area contributed by atoms with Crippen molar-refractivity contribution in [1.29, 1.82) is 0 Å². The van der Waals surface area contributed by atoms with Gasteiger partial charge in [0.15, 0.2) is 0 Å². The van der Waals surface area contributed by atoms with Gasteiger partial charge in [-0.3, -0.25) is 0 Å². The van der Waals surface area contributed by atoms with Crippen molar-refractivity contribution in [2.75, 3.05) is 0 Å². The predicted molar refractivity (Wildman–Crippen MR) is 60.7 cm³/mol. The Bertz CT molecular complexity index is 297. The number of hydrogen-bond acceptors (Lipinski definition) is 4. The van der Waals surface area contributed by atoms with Gasteiger partial charge in [0.1, 0.15) is 10.7 Å². The fourth-order valence-electron chi connectivity index (χ4n) is 1.64. The topological polar surface area (TPSA) is 48.1 Å². The van der Waals surface area contributed by atoms with E-state index < -0.39 is 0 Å². The summed E-state index contributed by atoms with van der Waals surface area (Å²) in [6, 6.07) is 0.373. The molecule has 1 aliphatic rings. The molecule has 1 aliphatic carbocycles. The second kappa shape index (κ2) is 4.59. The van der Waals surface area contributed by atoms with E-state index in [0.717, 1.165) is 35.5 Å². The molecule has 5 heteroatoms. The summed E-state index contributed by atoms with van der Waals surface area (Å²) < 4.78 is 6.60. The van der Waals surface area contributed by atoms with Crippen LogP contribution in [0.3, 0.4) is 0 Å². The molecule has 0 atom stereocenters. The van der Waals surface area contributed by atoms with Crippen LogP contribution in [0, 0.1) is 0 Å². The predicted octanol–water partition coefficient (Wildman–Crippen LogP) is 2.55. The zero-order valence-electron chi connectivity index (χ0n) is 7.78. The maximum absolute atomic E-state index is 5.82. The average molecular weight is 277 g/mol. The lowest BCUT2D eigenvalue weighted by Crippen LogP contribution is -2.31. The summed E-state index contributed by atoms with van der Waals surface area (Å²) in [4.78, 5) is 4.21. The van der Waals surface area contributed by atoms with Gasteiger partial charge in [0.25, 0.3) is 5.19 Å². The maximum Gasteiger partial charge on any atom is 0.274 e. The average Bonchev–Trinajstić information content (AvgIpc) is 2.56. The van der Waals surface area contributed by atoms with Crippen LogP contribution in [0.15, 0.2) is 9.98 Å². The Balaban J connectivity index is 1.86. The smallest absolute Gasteiger partial charge is 0.274 e. The zero-order valence-corrected chi connectivity index (χ0v) is 10.2. The van der Waals surface area contributed by atoms with E-state index in [1.165, 1.54) is 11.3 Å². The monoisotopic (exact) mass is 276 g/mol. The summed E-state index contributed by atoms with van der Waals surface area (Å²) in [6.07, 6.45) is 4.55. The third-order valence-electron chi connectivity index (χ3n) is 2.44. The number of nitrogens with zero attached hydrogens (tertiary/aromatic N) is 1. The van der Waals surface area contributed by atoms with E-state index in [1.54, 1.807) is 0 Å². The van der Waals surface area contributed by atoms with Crippen molar-refractivity contribution in [3.63, 3.8) is 0 Å². The Morgan fingerprint density at radius 3 is 2.71 bits per heavy atom. The maximum atomic E-state index is 5.82. The number of aromatic nitrogens is 1. The summed E-state index contributed by atoms with van der Waals surface area (Å²) in [6.45, 7) is 0. The van der Waals surface area contributed by atoms with E-state index in [1.807, 2.05) is 5.38 Å². The fourth-order valence-corrected chi connectivity index (χ4v) is 2.79. The van der Waals surface area contributed by atoms with Gasteiger partial charge in [-0.2, -0.15) is 4.98 Å². The molecular weight excluding hydrogens is 264 g/mol. The molecule has 0 saturated heterocycles. The van der Waals surface area contributed by atoms with Gasteiger partial charge in [-0.25, -0.2) is 0 Å². The van der Waals surface area contributed by atoms with Gasteiger partial charge in [-0.15, -0.1) is 0 Å². The second-order valence-electron chi connectivity index (χ2n) is 3.59. The van der Waals surface area contributed by atoms with E-state index in [4.69, 9.17) is 10.5 Å². The van der Waals surface area contributed by atoms with Crippen LogP contribution < -0.4 is 10.5 Å². The molecule has 0 unspecified atom stereocenters. The minimum absolute atomic E-state index is 0.313. The van der Waals surface area contributed by atoms with Crippen LogP contribution in [-0.2, 0) is 0 Å². The van der Waals surface area contributed by atoms with Crippen LogP contribution in [0.1, 0.15) is 25.7 Å². The zero-order chi connectivity index (χ0) is 9.97. The second-order valence-corrected chi connectivity index (χ2v) is 5.22. The summed E-state index contributed by atoms with van der Waals surface area (Å²) in [5.41, 5.74) is 5.82. The quantitative estimate of drug-likeness (QED) is 0.903. The standard InChI is InChI=1S/C9H13BrN2OS/c10-8-5-14-9(12-8)13-7-3-1-6(11)2-4-7/h5-7H,1-4,11H2. The molecular formula is C9H13BrN2OS. The number of rotatable bonds is 2. The molecule has 2 N–H and O–H groups in total. The molecule has 1 saturated carbocycles. The molecule has 0 bridgehead atoms. The van der Waals surface area contributed by atoms with Crippen molar-refractivity contribution < 1.29 is 4.74 Å². The van der Waals surface area contributed by atoms with Gasteiger partial charge < -0.3 is 10.5 Å². The normalized spacial score (nSPS) is 27.6. The first-order chi connectivity index (χ1) is 6.74. The largest absolute Gasteiger partial charge is 0.467 e. The van der Waals surface area contributed by atoms with E-state index in [0.29, 0.717) is 12.1 Å². The minimum atomic E-state index is 0.313. The van der Waals surface area contributed by atoms with E-state index in [9.17, 15) is 0 Å². The highest BCUT2D eigenvalue weighted by Gasteiger charge is 2.20. The lowest BCUT2D eigenvalue weighted by molar-refractivity contribution is 0.146. The summed E-state index contributed by atoms with van der Waals surface area (Å²) in [5.74, 6) is 0. The Labute approximate surface area is 95.8 Å². The Kier molecular flexibility index (Phi) is 3.41. The molecule has 0 aromatic carbocycles. The number of halogens is 1. The molecule has 2 rings (SSSR count). The highest BCUT2D eigenvalue weighted by Crippen LogP contribution is 2.27. The van der Waals surface area contributed by atoms with Crippen LogP contribution in [0.4, 0.5) is 0 Å². The molecule has 14 heavy (non-hydrogen) atoms. The first kappa shape index (κ1) is 10.4. The van der Waals surface area contributed by atoms with Gasteiger partial charge >= 0.3 is 0 Å². The first-order valence-electron chi connectivity index (χ1n) is 4.77. The number of hydrogen-bond donors (Lipinski definition) is 1. The van der Waals surface area contributed by atoms with Crippen molar-refractivity contribution >= 4 is 27.3 Å². The lowest BCUT2D eigenvalue weighted by Gasteiger charge is -2.25. The molecule has 1 heterocycles. The van der Waals surface area contributed by atoms with Gasteiger partial charge in [-0.1, -0.05) is 11.3 Å². The SMILES string of the molecule is NC1CCC(Oc2nc(Br)cs2)CC1. The lowest BCUT2D eigenvalue weighted by atomic mass is 9.94. The van der Waals surface area contributed by atoms with Crippen LogP contribution in [0.25, 0.3) is 0 Å². The Morgan fingerprint density at radius 2 is 2.14 bits per heavy atom. The van der Waals surface area contributed by atoms with Gasteiger partial charge in [0, 0.05) is 11.4 Å². The number of nitrogens with two attached hydrogens (primary N) is 1. The van der Waals surface area contributed by atoms with Crippen LogP contribution in [0.5, 0.6) is 5.19 Å². The van der Waals surface area contributed by atoms with Crippen molar-refractivity contribution in [2.45, 2.75) is 37.8 Å². The van der Waals surface area contributed by atoms with Crippen molar-refractivity contribution in [2.24, 2.45) is 5.73 Å². The first-order valence-corrected chi connectivity index (χ1v) is 6.44. The Morgan fingerprint density at radius 1 is 1.43 bits per heavy atom. The number of thiazole rings is 1. The van der Waals surface area contributed by atoms with Crippen molar-refractivity contribution in [3.05, 3.63) is 9.98 Å². The van der Waals surface area contributed by atoms with E-state index in [2.05, 4.69) is 20.9 Å². The third kappa shape index (κ3) is 2.68. The number of ether oxygens (including phenoxy) is 1. The molecule has 0 radical (unpaired) electrons. The van der Waals surface area contributed by atoms with Gasteiger partial charge in [0.2, 0.25) is 0 Å².